The maximum atomic E-state index is 14.5. The Hall–Kier alpha value is -3.35. The molecule has 3 rings (SSSR count). The Morgan fingerprint density at radius 1 is 0.980 bits per heavy atom. The van der Waals surface area contributed by atoms with Gasteiger partial charge in [-0.3, -0.25) is 9.69 Å². The molecule has 1 fully saturated rings. The van der Waals surface area contributed by atoms with E-state index in [1.54, 1.807) is 44.7 Å². The molecule has 49 heavy (non-hydrogen) atoms. The number of nitrogens with zero attached hydrogens (tertiary/aromatic N) is 1. The fourth-order valence-corrected chi connectivity index (χ4v) is 7.01. The average molecular weight is 705 g/mol. The Bertz CT molecular complexity index is 1470. The van der Waals surface area contributed by atoms with Crippen LogP contribution < -0.4 is 5.32 Å². The van der Waals surface area contributed by atoms with Crippen molar-refractivity contribution in [3.63, 3.8) is 0 Å². The minimum atomic E-state index is -2.64. The standard InChI is InChI=1S/C37H54F2N2O7Si/c1-12-13-46-29-21-31(41(22-29)35(44)47-36(3,4)5)32(48-49(10,11)37(6,7)8)30(18-24-16-27(38)20-28(39)17-24)40-33(42)25-14-23(2)15-26(19-25)34(43)45-9/h14-17,19-20,29-32H,12-13,18,21-22H2,1-11H3,(H,40,42)/t29-,30+,31-,32+/m1/s1. The number of ether oxygens (including phenoxy) is 3. The van der Waals surface area contributed by atoms with E-state index < -0.39 is 61.7 Å². The lowest BCUT2D eigenvalue weighted by Crippen LogP contribution is -2.60. The van der Waals surface area contributed by atoms with Crippen LogP contribution in [0.5, 0.6) is 0 Å². The lowest BCUT2D eigenvalue weighted by Gasteiger charge is -2.45. The summed E-state index contributed by atoms with van der Waals surface area (Å²) in [5, 5.41) is 2.82. The van der Waals surface area contributed by atoms with Crippen molar-refractivity contribution in [3.05, 3.63) is 70.3 Å². The van der Waals surface area contributed by atoms with E-state index in [9.17, 15) is 23.2 Å². The normalized spacial score (nSPS) is 18.2. The Kier molecular flexibility index (Phi) is 13.2. The maximum absolute atomic E-state index is 14.5. The molecule has 2 aromatic carbocycles. The van der Waals surface area contributed by atoms with Crippen molar-refractivity contribution in [2.75, 3.05) is 20.3 Å². The van der Waals surface area contributed by atoms with Gasteiger partial charge < -0.3 is 24.0 Å². The van der Waals surface area contributed by atoms with E-state index in [4.69, 9.17) is 18.6 Å². The maximum Gasteiger partial charge on any atom is 0.410 e. The van der Waals surface area contributed by atoms with Crippen molar-refractivity contribution in [1.82, 2.24) is 10.2 Å². The van der Waals surface area contributed by atoms with E-state index in [-0.39, 0.29) is 35.2 Å². The van der Waals surface area contributed by atoms with Crippen LogP contribution in [0.4, 0.5) is 13.6 Å². The smallest absolute Gasteiger partial charge is 0.410 e. The van der Waals surface area contributed by atoms with E-state index in [0.29, 0.717) is 24.2 Å². The van der Waals surface area contributed by atoms with Crippen molar-refractivity contribution < 1.29 is 41.8 Å². The monoisotopic (exact) mass is 704 g/mol. The van der Waals surface area contributed by atoms with E-state index in [1.807, 2.05) is 6.92 Å². The average Bonchev–Trinajstić information content (AvgIpc) is 3.40. The first kappa shape index (κ1) is 40.1. The van der Waals surface area contributed by atoms with Crippen LogP contribution in [0.2, 0.25) is 18.1 Å². The molecule has 9 nitrogen and oxygen atoms in total. The Morgan fingerprint density at radius 2 is 1.59 bits per heavy atom. The Labute approximate surface area is 291 Å². The number of hydrogen-bond acceptors (Lipinski definition) is 7. The number of nitrogens with one attached hydrogen (secondary N) is 1. The summed E-state index contributed by atoms with van der Waals surface area (Å²) in [6, 6.07) is 6.42. The second kappa shape index (κ2) is 16.1. The summed E-state index contributed by atoms with van der Waals surface area (Å²) >= 11 is 0. The largest absolute Gasteiger partial charge is 0.465 e. The zero-order chi connectivity index (χ0) is 36.9. The van der Waals surface area contributed by atoms with Gasteiger partial charge in [-0.15, -0.1) is 0 Å². The molecule has 0 saturated carbocycles. The predicted molar refractivity (Wildman–Crippen MR) is 187 cm³/mol. The minimum absolute atomic E-state index is 0.0193. The van der Waals surface area contributed by atoms with E-state index in [2.05, 4.69) is 39.2 Å². The molecule has 0 radical (unpaired) electrons. The third kappa shape index (κ3) is 11.1. The van der Waals surface area contributed by atoms with Crippen molar-refractivity contribution in [3.8, 4) is 0 Å². The highest BCUT2D eigenvalue weighted by Crippen LogP contribution is 2.40. The molecule has 0 spiro atoms. The topological polar surface area (TPSA) is 103 Å². The first-order valence-electron chi connectivity index (χ1n) is 16.9. The number of carbonyl (C=O) groups excluding carboxylic acids is 3. The van der Waals surface area contributed by atoms with E-state index >= 15 is 0 Å². The summed E-state index contributed by atoms with van der Waals surface area (Å²) in [7, 11) is -1.38. The number of rotatable bonds is 12. The summed E-state index contributed by atoms with van der Waals surface area (Å²) in [6.07, 6.45) is -0.569. The molecule has 0 bridgehead atoms. The van der Waals surface area contributed by atoms with Crippen LogP contribution in [0.15, 0.2) is 36.4 Å². The number of carbonyl (C=O) groups is 3. The lowest BCUT2D eigenvalue weighted by atomic mass is 9.94. The molecule has 1 saturated heterocycles. The molecule has 1 heterocycles. The van der Waals surface area contributed by atoms with Gasteiger partial charge in [0.05, 0.1) is 43.5 Å². The van der Waals surface area contributed by atoms with Gasteiger partial charge in [0.25, 0.3) is 5.91 Å². The van der Waals surface area contributed by atoms with Gasteiger partial charge in [0.2, 0.25) is 0 Å². The predicted octanol–water partition coefficient (Wildman–Crippen LogP) is 7.60. The molecule has 1 aliphatic heterocycles. The van der Waals surface area contributed by atoms with E-state index in [0.717, 1.165) is 12.5 Å². The molecule has 0 unspecified atom stereocenters. The molecule has 12 heteroatoms. The molecular formula is C37H54F2N2O7Si. The summed E-state index contributed by atoms with van der Waals surface area (Å²) in [5.41, 5.74) is 0.574. The second-order valence-corrected chi connectivity index (χ2v) is 20.2. The molecule has 2 aromatic rings. The molecule has 1 aliphatic rings. The van der Waals surface area contributed by atoms with Crippen molar-refractivity contribution in [1.29, 1.82) is 0 Å². The van der Waals surface area contributed by atoms with Gasteiger partial charge in [-0.2, -0.15) is 0 Å². The molecular weight excluding hydrogens is 650 g/mol. The zero-order valence-corrected chi connectivity index (χ0v) is 31.9. The number of amides is 2. The van der Waals surface area contributed by atoms with Gasteiger partial charge in [0.1, 0.15) is 17.2 Å². The molecule has 2 amide bonds. The number of halogens is 2. The molecule has 1 N–H and O–H groups in total. The molecule has 0 aliphatic carbocycles. The van der Waals surface area contributed by atoms with Crippen LogP contribution in [-0.2, 0) is 25.1 Å². The van der Waals surface area contributed by atoms with Crippen molar-refractivity contribution in [2.45, 2.75) is 123 Å². The summed E-state index contributed by atoms with van der Waals surface area (Å²) in [4.78, 5) is 41.9. The van der Waals surface area contributed by atoms with E-state index in [1.165, 1.54) is 25.3 Å². The molecule has 4 atom stereocenters. The first-order valence-corrected chi connectivity index (χ1v) is 19.8. The highest BCUT2D eigenvalue weighted by atomic mass is 28.4. The molecule has 272 valence electrons. The second-order valence-electron chi connectivity index (χ2n) is 15.4. The SMILES string of the molecule is CCCO[C@@H]1C[C@H]([C@@H](O[Si](C)(C)C(C)(C)C)[C@H](Cc2cc(F)cc(F)c2)NC(=O)c2cc(C)cc(C(=O)OC)c2)N(C(=O)OC(C)(C)C)C1. The number of esters is 1. The molecule has 0 aromatic heterocycles. The Balaban J connectivity index is 2.21. The zero-order valence-electron chi connectivity index (χ0n) is 30.9. The summed E-state index contributed by atoms with van der Waals surface area (Å²) < 4.78 is 53.1. The first-order chi connectivity index (χ1) is 22.6. The fourth-order valence-electron chi connectivity index (χ4n) is 5.65. The van der Waals surface area contributed by atoms with Gasteiger partial charge in [0, 0.05) is 18.2 Å². The van der Waals surface area contributed by atoms with Gasteiger partial charge in [0.15, 0.2) is 8.32 Å². The van der Waals surface area contributed by atoms with Crippen LogP contribution >= 0.6 is 0 Å². The quantitative estimate of drug-likeness (QED) is 0.179. The fraction of sp³-hybridized carbons (Fsp3) is 0.595. The van der Waals surface area contributed by atoms with Gasteiger partial charge >= 0.3 is 12.1 Å². The minimum Gasteiger partial charge on any atom is -0.465 e. The highest BCUT2D eigenvalue weighted by Gasteiger charge is 2.49. The summed E-state index contributed by atoms with van der Waals surface area (Å²) in [6.45, 7) is 20.3. The highest BCUT2D eigenvalue weighted by molar-refractivity contribution is 6.74. The third-order valence-electron chi connectivity index (χ3n) is 8.96. The number of benzene rings is 2. The van der Waals surface area contributed by atoms with Gasteiger partial charge in [-0.1, -0.05) is 27.7 Å². The van der Waals surface area contributed by atoms with Crippen molar-refractivity contribution in [2.24, 2.45) is 0 Å². The van der Waals surface area contributed by atoms with Crippen LogP contribution in [0.25, 0.3) is 0 Å². The van der Waals surface area contributed by atoms with Crippen LogP contribution in [0.1, 0.15) is 93.2 Å². The Morgan fingerprint density at radius 3 is 2.14 bits per heavy atom. The van der Waals surface area contributed by atoms with Crippen molar-refractivity contribution >= 4 is 26.3 Å². The van der Waals surface area contributed by atoms with Gasteiger partial charge in [-0.05, 0) is 107 Å². The van der Waals surface area contributed by atoms with Crippen LogP contribution in [0.3, 0.4) is 0 Å². The number of hydrogen-bond donors (Lipinski definition) is 1. The number of methoxy groups -OCH3 is 1. The van der Waals surface area contributed by atoms with Crippen LogP contribution in [0, 0.1) is 18.6 Å². The van der Waals surface area contributed by atoms with Crippen LogP contribution in [-0.4, -0.2) is 81.3 Å². The number of likely N-dealkylation sites (tertiary alicyclic amines) is 1. The van der Waals surface area contributed by atoms with Gasteiger partial charge in [-0.25, -0.2) is 18.4 Å². The summed E-state index contributed by atoms with van der Waals surface area (Å²) in [5.74, 6) is -2.64. The number of aryl methyl sites for hydroxylation is 1. The third-order valence-corrected chi connectivity index (χ3v) is 13.4. The lowest BCUT2D eigenvalue weighted by molar-refractivity contribution is 0.000336.